The Labute approximate surface area is 106 Å². The number of pyridine rings is 1. The van der Waals surface area contributed by atoms with E-state index in [2.05, 4.69) is 15.4 Å². The van der Waals surface area contributed by atoms with Gasteiger partial charge in [0.15, 0.2) is 5.82 Å². The third-order valence-electron chi connectivity index (χ3n) is 2.21. The van der Waals surface area contributed by atoms with E-state index in [0.717, 1.165) is 5.82 Å². The largest absolute Gasteiger partial charge is 0.473 e. The SMILES string of the molecule is CC(C)Oc1nc(Nc2ccn(C)n2)ccc1N. The van der Waals surface area contributed by atoms with Gasteiger partial charge in [-0.15, -0.1) is 0 Å². The predicted octanol–water partition coefficient (Wildman–Crippen LogP) is 1.93. The van der Waals surface area contributed by atoms with E-state index < -0.39 is 0 Å². The molecule has 2 aromatic heterocycles. The second-order valence-electron chi connectivity index (χ2n) is 4.26. The standard InChI is InChI=1S/C12H17N5O/c1-8(2)18-12-9(13)4-5-10(15-12)14-11-6-7-17(3)16-11/h4-8H,13H2,1-3H3,(H,14,15,16). The van der Waals surface area contributed by atoms with Crippen molar-refractivity contribution >= 4 is 17.3 Å². The molecule has 0 atom stereocenters. The number of hydrogen-bond acceptors (Lipinski definition) is 5. The second kappa shape index (κ2) is 4.95. The van der Waals surface area contributed by atoms with Gasteiger partial charge in [0.05, 0.1) is 11.8 Å². The molecule has 0 unspecified atom stereocenters. The molecule has 0 fully saturated rings. The summed E-state index contributed by atoms with van der Waals surface area (Å²) in [5, 5.41) is 7.30. The third-order valence-corrected chi connectivity index (χ3v) is 2.21. The average molecular weight is 247 g/mol. The fourth-order valence-electron chi connectivity index (χ4n) is 1.45. The molecule has 3 N–H and O–H groups in total. The van der Waals surface area contributed by atoms with Gasteiger partial charge in [0.1, 0.15) is 5.82 Å². The molecule has 0 bridgehead atoms. The van der Waals surface area contributed by atoms with Gasteiger partial charge in [-0.05, 0) is 26.0 Å². The summed E-state index contributed by atoms with van der Waals surface area (Å²) in [5.41, 5.74) is 6.32. The van der Waals surface area contributed by atoms with E-state index in [1.165, 1.54) is 0 Å². The summed E-state index contributed by atoms with van der Waals surface area (Å²) >= 11 is 0. The summed E-state index contributed by atoms with van der Waals surface area (Å²) < 4.78 is 7.24. The number of aryl methyl sites for hydroxylation is 1. The van der Waals surface area contributed by atoms with Gasteiger partial charge in [0, 0.05) is 19.3 Å². The number of nitrogens with one attached hydrogen (secondary N) is 1. The van der Waals surface area contributed by atoms with Gasteiger partial charge in [0.2, 0.25) is 5.88 Å². The molecule has 0 aliphatic carbocycles. The molecule has 2 heterocycles. The molecule has 0 radical (unpaired) electrons. The number of aromatic nitrogens is 3. The summed E-state index contributed by atoms with van der Waals surface area (Å²) in [4.78, 5) is 4.31. The van der Waals surface area contributed by atoms with Crippen LogP contribution in [0.5, 0.6) is 5.88 Å². The highest BCUT2D eigenvalue weighted by Gasteiger charge is 2.07. The Morgan fingerprint density at radius 3 is 2.67 bits per heavy atom. The maximum absolute atomic E-state index is 5.80. The summed E-state index contributed by atoms with van der Waals surface area (Å²) in [6.45, 7) is 3.86. The molecule has 6 nitrogen and oxygen atoms in total. The van der Waals surface area contributed by atoms with Gasteiger partial charge in [-0.1, -0.05) is 0 Å². The quantitative estimate of drug-likeness (QED) is 0.863. The number of nitrogen functional groups attached to an aromatic ring is 1. The molecular formula is C12H17N5O. The van der Waals surface area contributed by atoms with Crippen LogP contribution in [0.2, 0.25) is 0 Å². The topological polar surface area (TPSA) is 78.0 Å². The first-order valence-electron chi connectivity index (χ1n) is 5.74. The minimum absolute atomic E-state index is 0.0323. The van der Waals surface area contributed by atoms with Crippen molar-refractivity contribution in [3.63, 3.8) is 0 Å². The molecular weight excluding hydrogens is 230 g/mol. The van der Waals surface area contributed by atoms with Crippen molar-refractivity contribution in [2.24, 2.45) is 7.05 Å². The maximum Gasteiger partial charge on any atom is 0.239 e. The van der Waals surface area contributed by atoms with E-state index in [-0.39, 0.29) is 6.10 Å². The van der Waals surface area contributed by atoms with Crippen molar-refractivity contribution in [3.05, 3.63) is 24.4 Å². The first kappa shape index (κ1) is 12.2. The Bertz CT molecular complexity index is 535. The minimum Gasteiger partial charge on any atom is -0.473 e. The monoisotopic (exact) mass is 247 g/mol. The zero-order valence-electron chi connectivity index (χ0n) is 10.7. The lowest BCUT2D eigenvalue weighted by molar-refractivity contribution is 0.234. The van der Waals surface area contributed by atoms with Crippen LogP contribution in [-0.2, 0) is 7.05 Å². The van der Waals surface area contributed by atoms with Crippen LogP contribution in [0.1, 0.15) is 13.8 Å². The molecule has 0 saturated heterocycles. The Hall–Kier alpha value is -2.24. The minimum atomic E-state index is 0.0323. The molecule has 0 spiro atoms. The van der Waals surface area contributed by atoms with E-state index in [0.29, 0.717) is 17.4 Å². The van der Waals surface area contributed by atoms with Crippen LogP contribution in [0.15, 0.2) is 24.4 Å². The number of nitrogens with zero attached hydrogens (tertiary/aromatic N) is 3. The number of ether oxygens (including phenoxy) is 1. The smallest absolute Gasteiger partial charge is 0.239 e. The maximum atomic E-state index is 5.80. The van der Waals surface area contributed by atoms with Gasteiger partial charge in [-0.2, -0.15) is 10.1 Å². The predicted molar refractivity (Wildman–Crippen MR) is 70.9 cm³/mol. The molecule has 0 aliphatic heterocycles. The molecule has 0 amide bonds. The lowest BCUT2D eigenvalue weighted by Gasteiger charge is -2.12. The molecule has 18 heavy (non-hydrogen) atoms. The van der Waals surface area contributed by atoms with Crippen molar-refractivity contribution in [2.45, 2.75) is 20.0 Å². The normalized spacial score (nSPS) is 10.7. The zero-order valence-corrected chi connectivity index (χ0v) is 10.7. The lowest BCUT2D eigenvalue weighted by atomic mass is 10.4. The molecule has 2 rings (SSSR count). The van der Waals surface area contributed by atoms with E-state index in [9.17, 15) is 0 Å². The van der Waals surface area contributed by atoms with Crippen LogP contribution in [0.3, 0.4) is 0 Å². The molecule has 96 valence electrons. The summed E-state index contributed by atoms with van der Waals surface area (Å²) in [6.07, 6.45) is 1.88. The fraction of sp³-hybridized carbons (Fsp3) is 0.333. The highest BCUT2D eigenvalue weighted by molar-refractivity contribution is 5.58. The van der Waals surface area contributed by atoms with Crippen LogP contribution in [0, 0.1) is 0 Å². The highest BCUT2D eigenvalue weighted by atomic mass is 16.5. The van der Waals surface area contributed by atoms with Gasteiger partial charge in [0.25, 0.3) is 0 Å². The van der Waals surface area contributed by atoms with E-state index in [1.54, 1.807) is 16.8 Å². The highest BCUT2D eigenvalue weighted by Crippen LogP contribution is 2.23. The third kappa shape index (κ3) is 2.91. The molecule has 2 aromatic rings. The van der Waals surface area contributed by atoms with E-state index in [4.69, 9.17) is 10.5 Å². The number of rotatable bonds is 4. The van der Waals surface area contributed by atoms with Crippen LogP contribution in [0.4, 0.5) is 17.3 Å². The number of anilines is 3. The van der Waals surface area contributed by atoms with Gasteiger partial charge >= 0.3 is 0 Å². The van der Waals surface area contributed by atoms with Crippen molar-refractivity contribution in [1.82, 2.24) is 14.8 Å². The first-order valence-corrected chi connectivity index (χ1v) is 5.74. The van der Waals surface area contributed by atoms with Crippen molar-refractivity contribution in [1.29, 1.82) is 0 Å². The summed E-state index contributed by atoms with van der Waals surface area (Å²) in [7, 11) is 1.86. The Morgan fingerprint density at radius 1 is 1.28 bits per heavy atom. The fourth-order valence-corrected chi connectivity index (χ4v) is 1.45. The lowest BCUT2D eigenvalue weighted by Crippen LogP contribution is -2.09. The first-order chi connectivity index (χ1) is 8.54. The van der Waals surface area contributed by atoms with Gasteiger partial charge < -0.3 is 15.8 Å². The number of nitrogens with two attached hydrogens (primary N) is 1. The average Bonchev–Trinajstić information content (AvgIpc) is 2.68. The van der Waals surface area contributed by atoms with Gasteiger partial charge in [-0.3, -0.25) is 4.68 Å². The van der Waals surface area contributed by atoms with Crippen molar-refractivity contribution in [3.8, 4) is 5.88 Å². The second-order valence-corrected chi connectivity index (χ2v) is 4.26. The van der Waals surface area contributed by atoms with Crippen LogP contribution in [0.25, 0.3) is 0 Å². The molecule has 0 aromatic carbocycles. The molecule has 0 saturated carbocycles. The summed E-state index contributed by atoms with van der Waals surface area (Å²) in [6, 6.07) is 5.41. The van der Waals surface area contributed by atoms with E-state index in [1.807, 2.05) is 33.2 Å². The van der Waals surface area contributed by atoms with E-state index >= 15 is 0 Å². The number of hydrogen-bond donors (Lipinski definition) is 2. The molecule has 0 aliphatic rings. The Kier molecular flexibility index (Phi) is 3.36. The van der Waals surface area contributed by atoms with Crippen molar-refractivity contribution < 1.29 is 4.74 Å². The Balaban J connectivity index is 2.18. The zero-order chi connectivity index (χ0) is 13.1. The van der Waals surface area contributed by atoms with Crippen molar-refractivity contribution in [2.75, 3.05) is 11.1 Å². The van der Waals surface area contributed by atoms with Gasteiger partial charge in [-0.25, -0.2) is 0 Å². The Morgan fingerprint density at radius 2 is 2.06 bits per heavy atom. The van der Waals surface area contributed by atoms with Crippen LogP contribution in [-0.4, -0.2) is 20.9 Å². The van der Waals surface area contributed by atoms with Crippen LogP contribution < -0.4 is 15.8 Å². The molecule has 6 heteroatoms. The summed E-state index contributed by atoms with van der Waals surface area (Å²) in [5.74, 6) is 1.81. The van der Waals surface area contributed by atoms with Crippen LogP contribution >= 0.6 is 0 Å².